The van der Waals surface area contributed by atoms with E-state index in [4.69, 9.17) is 19.8 Å². The van der Waals surface area contributed by atoms with Gasteiger partial charge in [-0.3, -0.25) is 4.68 Å². The Morgan fingerprint density at radius 1 is 1.09 bits per heavy atom. The molecule has 0 bridgehead atoms. The molecule has 1 saturated heterocycles. The average Bonchev–Trinajstić information content (AvgIpc) is 3.39. The Morgan fingerprint density at radius 2 is 1.84 bits per heavy atom. The highest BCUT2D eigenvalue weighted by Crippen LogP contribution is 2.31. The molecule has 168 valence electrons. The first-order valence-electron chi connectivity index (χ1n) is 10.8. The number of fused-ring (bicyclic) bond motifs is 2. The van der Waals surface area contributed by atoms with E-state index in [2.05, 4.69) is 4.98 Å². The monoisotopic (exact) mass is 453 g/mol. The standard InChI is InChI=1S/C22H27N7O2S/c1-13-10-28-11-16(24-14(2)18(28)23-13)19-25-17-12-29(26-20(17)32-19)15-6-8-27(9-7-15)21(30)31-22(3,4)5/h10-12,15H,6-9H2,1-5H3. The number of carbonyl (C=O) groups excluding carboxylic acids is 1. The largest absolute Gasteiger partial charge is 0.444 e. The van der Waals surface area contributed by atoms with Gasteiger partial charge in [-0.25, -0.2) is 19.7 Å². The lowest BCUT2D eigenvalue weighted by Gasteiger charge is -2.33. The summed E-state index contributed by atoms with van der Waals surface area (Å²) in [4.78, 5) is 29.0. The number of hydrogen-bond acceptors (Lipinski definition) is 7. The van der Waals surface area contributed by atoms with Crippen molar-refractivity contribution in [1.29, 1.82) is 0 Å². The topological polar surface area (TPSA) is 90.4 Å². The Bertz CT molecular complexity index is 1270. The number of carbonyl (C=O) groups is 1. The first-order chi connectivity index (χ1) is 15.2. The summed E-state index contributed by atoms with van der Waals surface area (Å²) in [5, 5.41) is 5.64. The molecule has 4 aromatic rings. The fraction of sp³-hybridized carbons (Fsp3) is 0.500. The predicted molar refractivity (Wildman–Crippen MR) is 123 cm³/mol. The van der Waals surface area contributed by atoms with Crippen LogP contribution in [0.25, 0.3) is 26.7 Å². The number of hydrogen-bond donors (Lipinski definition) is 0. The van der Waals surface area contributed by atoms with Crippen LogP contribution < -0.4 is 0 Å². The van der Waals surface area contributed by atoms with Crippen molar-refractivity contribution in [3.05, 3.63) is 30.0 Å². The van der Waals surface area contributed by atoms with E-state index < -0.39 is 5.60 Å². The van der Waals surface area contributed by atoms with Gasteiger partial charge in [-0.1, -0.05) is 11.3 Å². The summed E-state index contributed by atoms with van der Waals surface area (Å²) >= 11 is 1.55. The third kappa shape index (κ3) is 3.94. The zero-order valence-corrected chi connectivity index (χ0v) is 19.8. The quantitative estimate of drug-likeness (QED) is 0.447. The van der Waals surface area contributed by atoms with Gasteiger partial charge in [0.2, 0.25) is 0 Å². The van der Waals surface area contributed by atoms with Crippen LogP contribution in [0.4, 0.5) is 4.79 Å². The van der Waals surface area contributed by atoms with Gasteiger partial charge in [0.1, 0.15) is 21.8 Å². The normalized spacial score (nSPS) is 15.7. The molecule has 32 heavy (non-hydrogen) atoms. The molecule has 1 amide bonds. The van der Waals surface area contributed by atoms with Crippen molar-refractivity contribution in [3.63, 3.8) is 0 Å². The van der Waals surface area contributed by atoms with Crippen LogP contribution in [0.1, 0.15) is 51.0 Å². The van der Waals surface area contributed by atoms with Crippen LogP contribution in [-0.2, 0) is 4.74 Å². The minimum absolute atomic E-state index is 0.239. The van der Waals surface area contributed by atoms with Gasteiger partial charge in [0.15, 0.2) is 10.5 Å². The number of piperidine rings is 1. The van der Waals surface area contributed by atoms with Crippen LogP contribution in [0.2, 0.25) is 0 Å². The van der Waals surface area contributed by atoms with E-state index in [9.17, 15) is 4.79 Å². The van der Waals surface area contributed by atoms with Gasteiger partial charge in [-0.05, 0) is 47.5 Å². The molecular weight excluding hydrogens is 426 g/mol. The first-order valence-corrected chi connectivity index (χ1v) is 11.6. The summed E-state index contributed by atoms with van der Waals surface area (Å²) in [5.41, 5.74) is 3.94. The summed E-state index contributed by atoms with van der Waals surface area (Å²) < 4.78 is 9.50. The molecule has 0 unspecified atom stereocenters. The molecule has 5 heterocycles. The van der Waals surface area contributed by atoms with Gasteiger partial charge < -0.3 is 14.0 Å². The zero-order valence-electron chi connectivity index (χ0n) is 19.0. The van der Waals surface area contributed by atoms with Gasteiger partial charge >= 0.3 is 6.09 Å². The second kappa shape index (κ2) is 7.54. The Morgan fingerprint density at radius 3 is 2.53 bits per heavy atom. The second-order valence-electron chi connectivity index (χ2n) is 9.34. The van der Waals surface area contributed by atoms with Gasteiger partial charge in [0.05, 0.1) is 23.6 Å². The first kappa shape index (κ1) is 20.9. The summed E-state index contributed by atoms with van der Waals surface area (Å²) in [6.07, 6.45) is 7.43. The molecule has 1 aliphatic heterocycles. The van der Waals surface area contributed by atoms with Gasteiger partial charge in [-0.2, -0.15) is 5.10 Å². The van der Waals surface area contributed by atoms with Gasteiger partial charge in [0.25, 0.3) is 0 Å². The van der Waals surface area contributed by atoms with Crippen LogP contribution in [0, 0.1) is 13.8 Å². The summed E-state index contributed by atoms with van der Waals surface area (Å²) in [6.45, 7) is 10.9. The highest BCUT2D eigenvalue weighted by Gasteiger charge is 2.28. The number of aromatic nitrogens is 6. The van der Waals surface area contributed by atoms with Crippen LogP contribution in [0.3, 0.4) is 0 Å². The molecule has 0 N–H and O–H groups in total. The van der Waals surface area contributed by atoms with Gasteiger partial charge in [-0.15, -0.1) is 0 Å². The highest BCUT2D eigenvalue weighted by molar-refractivity contribution is 7.21. The molecule has 0 aromatic carbocycles. The molecule has 0 aliphatic carbocycles. The van der Waals surface area contributed by atoms with Crippen molar-refractivity contribution < 1.29 is 9.53 Å². The molecule has 4 aromatic heterocycles. The van der Waals surface area contributed by atoms with Crippen molar-refractivity contribution in [3.8, 4) is 10.7 Å². The van der Waals surface area contributed by atoms with Crippen molar-refractivity contribution in [2.45, 2.75) is 59.1 Å². The Balaban J connectivity index is 1.31. The van der Waals surface area contributed by atoms with Crippen LogP contribution in [-0.4, -0.2) is 58.8 Å². The molecule has 0 spiro atoms. The van der Waals surface area contributed by atoms with Crippen molar-refractivity contribution in [2.75, 3.05) is 13.1 Å². The van der Waals surface area contributed by atoms with Crippen LogP contribution >= 0.6 is 11.3 Å². The molecule has 1 fully saturated rings. The second-order valence-corrected chi connectivity index (χ2v) is 10.3. The number of nitrogens with zero attached hydrogens (tertiary/aromatic N) is 7. The summed E-state index contributed by atoms with van der Waals surface area (Å²) in [7, 11) is 0. The molecule has 5 rings (SSSR count). The SMILES string of the molecule is Cc1cn2cc(-c3nc4cn(C5CCN(C(=O)OC(C)(C)C)CC5)nc4s3)nc(C)c2n1. The van der Waals surface area contributed by atoms with E-state index in [0.29, 0.717) is 13.1 Å². The van der Waals surface area contributed by atoms with Crippen molar-refractivity contribution in [1.82, 2.24) is 34.0 Å². The van der Waals surface area contributed by atoms with Crippen LogP contribution in [0.5, 0.6) is 0 Å². The van der Waals surface area contributed by atoms with Crippen molar-refractivity contribution in [2.24, 2.45) is 0 Å². The molecule has 10 heteroatoms. The predicted octanol–water partition coefficient (Wildman–Crippen LogP) is 4.39. The van der Waals surface area contributed by atoms with E-state index in [1.807, 2.05) is 62.3 Å². The highest BCUT2D eigenvalue weighted by atomic mass is 32.1. The number of ether oxygens (including phenoxy) is 1. The number of likely N-dealkylation sites (tertiary alicyclic amines) is 1. The summed E-state index contributed by atoms with van der Waals surface area (Å²) in [6, 6.07) is 0.254. The minimum atomic E-state index is -0.474. The lowest BCUT2D eigenvalue weighted by Crippen LogP contribution is -2.42. The average molecular weight is 454 g/mol. The smallest absolute Gasteiger partial charge is 0.410 e. The number of imidazole rings is 1. The lowest BCUT2D eigenvalue weighted by molar-refractivity contribution is 0.0185. The van der Waals surface area contributed by atoms with E-state index in [1.165, 1.54) is 0 Å². The number of aryl methyl sites for hydroxylation is 2. The Hall–Kier alpha value is -3.01. The number of amides is 1. The molecule has 0 radical (unpaired) electrons. The Labute approximate surface area is 190 Å². The maximum Gasteiger partial charge on any atom is 0.410 e. The number of thiazole rings is 1. The minimum Gasteiger partial charge on any atom is -0.444 e. The van der Waals surface area contributed by atoms with E-state index in [-0.39, 0.29) is 12.1 Å². The molecule has 1 aliphatic rings. The van der Waals surface area contributed by atoms with E-state index >= 15 is 0 Å². The molecule has 9 nitrogen and oxygen atoms in total. The summed E-state index contributed by atoms with van der Waals surface area (Å²) in [5.74, 6) is 0. The maximum atomic E-state index is 12.3. The van der Waals surface area contributed by atoms with E-state index in [0.717, 1.165) is 50.9 Å². The maximum absolute atomic E-state index is 12.3. The lowest BCUT2D eigenvalue weighted by atomic mass is 10.1. The van der Waals surface area contributed by atoms with Crippen molar-refractivity contribution >= 4 is 33.4 Å². The van der Waals surface area contributed by atoms with Gasteiger partial charge in [0, 0.05) is 25.5 Å². The number of rotatable bonds is 2. The molecular formula is C22H27N7O2S. The third-order valence-corrected chi connectivity index (χ3v) is 6.51. The molecule has 0 atom stereocenters. The van der Waals surface area contributed by atoms with E-state index in [1.54, 1.807) is 16.2 Å². The zero-order chi connectivity index (χ0) is 22.6. The fourth-order valence-corrected chi connectivity index (χ4v) is 4.92. The third-order valence-electron chi connectivity index (χ3n) is 5.53. The molecule has 0 saturated carbocycles. The fourth-order valence-electron chi connectivity index (χ4n) is 4.05. The van der Waals surface area contributed by atoms with Crippen LogP contribution in [0.15, 0.2) is 18.6 Å². The Kier molecular flexibility index (Phi) is 4.92.